The molecule has 112 valence electrons. The van der Waals surface area contributed by atoms with Crippen molar-refractivity contribution in [3.63, 3.8) is 0 Å². The fraction of sp³-hybridized carbons (Fsp3) is 0.308. The zero-order valence-electron chi connectivity index (χ0n) is 11.1. The first-order valence-electron chi connectivity index (χ1n) is 6.49. The standard InChI is InChI=1S/C13H14BrN3O3S/c14-11-7-15-17-12(11)8-16-21(18,19)10-3-4-13-9(6-10)2-1-5-20-13/h3-4,6-7,16H,1-2,5,8H2,(H,15,17). The molecule has 0 amide bonds. The minimum absolute atomic E-state index is 0.149. The number of fused-ring (bicyclic) bond motifs is 1. The van der Waals surface area contributed by atoms with E-state index in [0.717, 1.165) is 28.6 Å². The maximum atomic E-state index is 12.3. The second kappa shape index (κ2) is 5.78. The Morgan fingerprint density at radius 1 is 1.43 bits per heavy atom. The molecule has 1 aromatic heterocycles. The number of nitrogens with one attached hydrogen (secondary N) is 2. The largest absolute Gasteiger partial charge is 0.493 e. The van der Waals surface area contributed by atoms with Crippen molar-refractivity contribution in [1.29, 1.82) is 0 Å². The summed E-state index contributed by atoms with van der Waals surface area (Å²) < 4.78 is 33.4. The summed E-state index contributed by atoms with van der Waals surface area (Å²) >= 11 is 3.29. The van der Waals surface area contributed by atoms with Crippen LogP contribution in [0.2, 0.25) is 0 Å². The van der Waals surface area contributed by atoms with Crippen LogP contribution in [-0.2, 0) is 23.0 Å². The topological polar surface area (TPSA) is 84.1 Å². The number of H-pyrrole nitrogens is 1. The van der Waals surface area contributed by atoms with Gasteiger partial charge in [0.25, 0.3) is 0 Å². The molecule has 0 atom stereocenters. The quantitative estimate of drug-likeness (QED) is 0.860. The van der Waals surface area contributed by atoms with E-state index in [1.807, 2.05) is 0 Å². The molecular weight excluding hydrogens is 358 g/mol. The molecule has 1 aromatic carbocycles. The van der Waals surface area contributed by atoms with E-state index >= 15 is 0 Å². The number of hydrogen-bond donors (Lipinski definition) is 2. The van der Waals surface area contributed by atoms with Crippen LogP contribution in [0.3, 0.4) is 0 Å². The zero-order chi connectivity index (χ0) is 14.9. The molecule has 8 heteroatoms. The summed E-state index contributed by atoms with van der Waals surface area (Å²) in [7, 11) is -3.56. The highest BCUT2D eigenvalue weighted by atomic mass is 79.9. The van der Waals surface area contributed by atoms with E-state index in [-0.39, 0.29) is 11.4 Å². The second-order valence-electron chi connectivity index (χ2n) is 4.74. The van der Waals surface area contributed by atoms with Crippen molar-refractivity contribution in [2.45, 2.75) is 24.3 Å². The van der Waals surface area contributed by atoms with Crippen LogP contribution in [0.4, 0.5) is 0 Å². The number of rotatable bonds is 4. The Kier molecular flexibility index (Phi) is 4.01. The van der Waals surface area contributed by atoms with Gasteiger partial charge in [-0.3, -0.25) is 5.10 Å². The lowest BCUT2D eigenvalue weighted by Crippen LogP contribution is -2.24. The summed E-state index contributed by atoms with van der Waals surface area (Å²) in [6.45, 7) is 0.835. The Bertz CT molecular complexity index is 758. The number of ether oxygens (including phenoxy) is 1. The molecule has 1 aliphatic heterocycles. The number of halogens is 1. The number of sulfonamides is 1. The van der Waals surface area contributed by atoms with Gasteiger partial charge in [-0.1, -0.05) is 0 Å². The highest BCUT2D eigenvalue weighted by Gasteiger charge is 2.18. The molecule has 0 radical (unpaired) electrons. The Hall–Kier alpha value is -1.38. The van der Waals surface area contributed by atoms with Crippen molar-refractivity contribution in [3.05, 3.63) is 40.1 Å². The Morgan fingerprint density at radius 2 is 2.29 bits per heavy atom. The van der Waals surface area contributed by atoms with E-state index in [0.29, 0.717) is 12.3 Å². The van der Waals surface area contributed by atoms with Crippen molar-refractivity contribution in [1.82, 2.24) is 14.9 Å². The molecule has 0 unspecified atom stereocenters. The van der Waals surface area contributed by atoms with Crippen molar-refractivity contribution < 1.29 is 13.2 Å². The molecule has 2 aromatic rings. The Labute approximate surface area is 131 Å². The lowest BCUT2D eigenvalue weighted by atomic mass is 10.1. The second-order valence-corrected chi connectivity index (χ2v) is 7.36. The van der Waals surface area contributed by atoms with Gasteiger partial charge in [0.1, 0.15) is 5.75 Å². The monoisotopic (exact) mass is 371 g/mol. The van der Waals surface area contributed by atoms with Gasteiger partial charge in [-0.15, -0.1) is 0 Å². The van der Waals surface area contributed by atoms with Crippen LogP contribution in [0, 0.1) is 0 Å². The van der Waals surface area contributed by atoms with Gasteiger partial charge in [-0.05, 0) is 52.5 Å². The summed E-state index contributed by atoms with van der Waals surface area (Å²) in [6, 6.07) is 4.96. The van der Waals surface area contributed by atoms with E-state index in [9.17, 15) is 8.42 Å². The average Bonchev–Trinajstić information content (AvgIpc) is 2.90. The maximum Gasteiger partial charge on any atom is 0.240 e. The molecule has 0 saturated carbocycles. The van der Waals surface area contributed by atoms with Crippen LogP contribution in [0.15, 0.2) is 33.8 Å². The Balaban J connectivity index is 1.80. The fourth-order valence-corrected chi connectivity index (χ4v) is 3.55. The van der Waals surface area contributed by atoms with Crippen LogP contribution in [0.5, 0.6) is 5.75 Å². The molecule has 6 nitrogen and oxygen atoms in total. The van der Waals surface area contributed by atoms with Crippen LogP contribution in [0.25, 0.3) is 0 Å². The smallest absolute Gasteiger partial charge is 0.240 e. The van der Waals surface area contributed by atoms with Crippen LogP contribution in [0.1, 0.15) is 17.7 Å². The van der Waals surface area contributed by atoms with E-state index in [2.05, 4.69) is 30.8 Å². The molecular formula is C13H14BrN3O3S. The van der Waals surface area contributed by atoms with E-state index in [1.165, 1.54) is 0 Å². The number of benzene rings is 1. The summed E-state index contributed by atoms with van der Waals surface area (Å²) in [5.74, 6) is 0.775. The summed E-state index contributed by atoms with van der Waals surface area (Å²) in [5, 5.41) is 6.57. The summed E-state index contributed by atoms with van der Waals surface area (Å²) in [5.41, 5.74) is 1.62. The van der Waals surface area contributed by atoms with Gasteiger partial charge in [0.15, 0.2) is 0 Å². The number of hydrogen-bond acceptors (Lipinski definition) is 4. The summed E-state index contributed by atoms with van der Waals surface area (Å²) in [6.07, 6.45) is 3.33. The van der Waals surface area contributed by atoms with Gasteiger partial charge in [-0.25, -0.2) is 13.1 Å². The molecule has 3 rings (SSSR count). The third-order valence-electron chi connectivity index (χ3n) is 3.29. The van der Waals surface area contributed by atoms with E-state index in [4.69, 9.17) is 4.74 Å². The molecule has 0 bridgehead atoms. The molecule has 0 aliphatic carbocycles. The highest BCUT2D eigenvalue weighted by Crippen LogP contribution is 2.27. The molecule has 0 saturated heterocycles. The minimum Gasteiger partial charge on any atom is -0.493 e. The molecule has 2 heterocycles. The first-order valence-corrected chi connectivity index (χ1v) is 8.77. The first-order chi connectivity index (χ1) is 10.1. The van der Waals surface area contributed by atoms with Crippen molar-refractivity contribution in [2.24, 2.45) is 0 Å². The predicted molar refractivity (Wildman–Crippen MR) is 80.6 cm³/mol. The van der Waals surface area contributed by atoms with Crippen LogP contribution >= 0.6 is 15.9 Å². The van der Waals surface area contributed by atoms with Crippen LogP contribution in [-0.4, -0.2) is 25.2 Å². The number of aryl methyl sites for hydroxylation is 1. The summed E-state index contributed by atoms with van der Waals surface area (Å²) in [4.78, 5) is 0.252. The van der Waals surface area contributed by atoms with Gasteiger partial charge < -0.3 is 4.74 Å². The number of aromatic amines is 1. The van der Waals surface area contributed by atoms with Gasteiger partial charge in [-0.2, -0.15) is 5.10 Å². The molecule has 0 fully saturated rings. The lowest BCUT2D eigenvalue weighted by molar-refractivity contribution is 0.288. The van der Waals surface area contributed by atoms with Gasteiger partial charge >= 0.3 is 0 Å². The van der Waals surface area contributed by atoms with Gasteiger partial charge in [0, 0.05) is 0 Å². The van der Waals surface area contributed by atoms with Gasteiger partial charge in [0.05, 0.1) is 34.4 Å². The third-order valence-corrected chi connectivity index (χ3v) is 5.38. The van der Waals surface area contributed by atoms with Crippen molar-refractivity contribution >= 4 is 26.0 Å². The molecule has 0 spiro atoms. The molecule has 1 aliphatic rings. The number of aromatic nitrogens is 2. The van der Waals surface area contributed by atoms with E-state index in [1.54, 1.807) is 24.4 Å². The normalized spacial score (nSPS) is 14.5. The fourth-order valence-electron chi connectivity index (χ4n) is 2.18. The van der Waals surface area contributed by atoms with Gasteiger partial charge in [0.2, 0.25) is 10.0 Å². The molecule has 2 N–H and O–H groups in total. The maximum absolute atomic E-state index is 12.3. The lowest BCUT2D eigenvalue weighted by Gasteiger charge is -2.18. The molecule has 21 heavy (non-hydrogen) atoms. The minimum atomic E-state index is -3.56. The third kappa shape index (κ3) is 3.12. The van der Waals surface area contributed by atoms with E-state index < -0.39 is 10.0 Å². The van der Waals surface area contributed by atoms with Crippen LogP contribution < -0.4 is 9.46 Å². The Morgan fingerprint density at radius 3 is 3.05 bits per heavy atom. The first kappa shape index (κ1) is 14.6. The average molecular weight is 372 g/mol. The SMILES string of the molecule is O=S(=O)(NCc1[nH]ncc1Br)c1ccc2c(c1)CCCO2. The van der Waals surface area contributed by atoms with Crippen molar-refractivity contribution in [2.75, 3.05) is 6.61 Å². The van der Waals surface area contributed by atoms with Crippen molar-refractivity contribution in [3.8, 4) is 5.75 Å². The highest BCUT2D eigenvalue weighted by molar-refractivity contribution is 9.10. The predicted octanol–water partition coefficient (Wildman–Crippen LogP) is 1.98. The number of nitrogens with zero attached hydrogens (tertiary/aromatic N) is 1. The zero-order valence-corrected chi connectivity index (χ0v) is 13.5.